The molecule has 0 aromatic carbocycles. The zero-order valence-electron chi connectivity index (χ0n) is 25.1. The number of aliphatic carboxylic acids is 1. The SMILES string of the molecule is C=C/C1=C(\C(=C)C(CC(=C)C)C(=O)O)C(=C)/C=C\C(N)=C(\S(=O)(=O)O)CO\C1=C(\C=N)S(=O)(=O)O.NCCCCCCNC=O. The van der Waals surface area contributed by atoms with Crippen molar-refractivity contribution in [3.63, 3.8) is 0 Å². The minimum Gasteiger partial charge on any atom is -0.486 e. The number of allylic oxidation sites excluding steroid dienone is 7. The largest absolute Gasteiger partial charge is 0.486 e. The van der Waals surface area contributed by atoms with E-state index in [9.17, 15) is 40.6 Å². The summed E-state index contributed by atoms with van der Waals surface area (Å²) in [6.45, 7) is 17.1. The number of rotatable bonds is 16. The maximum atomic E-state index is 12.0. The zero-order valence-corrected chi connectivity index (χ0v) is 26.8. The number of carbonyl (C=O) groups excluding carboxylic acids is 1. The Morgan fingerprint density at radius 3 is 2.20 bits per heavy atom. The van der Waals surface area contributed by atoms with Gasteiger partial charge in [0.25, 0.3) is 20.2 Å². The highest BCUT2D eigenvalue weighted by molar-refractivity contribution is 7.90. The summed E-state index contributed by atoms with van der Waals surface area (Å²) in [4.78, 5) is 19.8. The second-order valence-corrected chi connectivity index (χ2v) is 12.5. The zero-order chi connectivity index (χ0) is 35.0. The molecule has 16 heteroatoms. The maximum Gasteiger partial charge on any atom is 0.311 e. The second-order valence-electron chi connectivity index (χ2n) is 9.66. The molecule has 45 heavy (non-hydrogen) atoms. The highest BCUT2D eigenvalue weighted by Gasteiger charge is 2.31. The van der Waals surface area contributed by atoms with E-state index in [1.54, 1.807) is 6.92 Å². The van der Waals surface area contributed by atoms with Crippen LogP contribution < -0.4 is 16.8 Å². The fourth-order valence-corrected chi connectivity index (χ4v) is 5.00. The monoisotopic (exact) mass is 670 g/mol. The van der Waals surface area contributed by atoms with Crippen LogP contribution in [0.25, 0.3) is 0 Å². The lowest BCUT2D eigenvalue weighted by molar-refractivity contribution is -0.140. The quantitative estimate of drug-likeness (QED) is 0.0411. The third kappa shape index (κ3) is 13.6. The van der Waals surface area contributed by atoms with Gasteiger partial charge in [-0.3, -0.25) is 18.7 Å². The van der Waals surface area contributed by atoms with Crippen molar-refractivity contribution >= 4 is 38.8 Å². The van der Waals surface area contributed by atoms with E-state index in [0.29, 0.717) is 5.57 Å². The minimum atomic E-state index is -5.13. The lowest BCUT2D eigenvalue weighted by atomic mass is 9.82. The van der Waals surface area contributed by atoms with Crippen LogP contribution in [0.5, 0.6) is 0 Å². The summed E-state index contributed by atoms with van der Waals surface area (Å²) in [5.74, 6) is -3.33. The van der Waals surface area contributed by atoms with Gasteiger partial charge in [-0.1, -0.05) is 50.3 Å². The number of amides is 1. The number of carboxylic acids is 1. The van der Waals surface area contributed by atoms with Crippen LogP contribution in [0.1, 0.15) is 39.0 Å². The first-order valence-corrected chi connectivity index (χ1v) is 16.3. The number of carbonyl (C=O) groups is 2. The molecular weight excluding hydrogens is 628 g/mol. The Hall–Kier alpha value is -4.09. The lowest BCUT2D eigenvalue weighted by Gasteiger charge is -2.24. The molecule has 0 saturated heterocycles. The molecule has 250 valence electrons. The average molecular weight is 671 g/mol. The van der Waals surface area contributed by atoms with Crippen molar-refractivity contribution in [2.75, 3.05) is 19.7 Å². The van der Waals surface area contributed by atoms with Gasteiger partial charge in [0, 0.05) is 18.3 Å². The molecule has 9 N–H and O–H groups in total. The van der Waals surface area contributed by atoms with E-state index in [0.717, 1.165) is 50.9 Å². The highest BCUT2D eigenvalue weighted by Crippen LogP contribution is 2.36. The molecule has 0 radical (unpaired) electrons. The number of unbranched alkanes of at least 4 members (excludes halogenated alkanes) is 3. The van der Waals surface area contributed by atoms with Gasteiger partial charge in [-0.2, -0.15) is 16.8 Å². The molecule has 0 saturated carbocycles. The standard InChI is InChI=1S/C22H26N2O9S2.C7H16N2O/c1-6-15-20(14(5)16(22(25)26)9-12(2)3)13(4)7-8-17(24)19(35(30,31)32)11-33-21(15)18(10-23)34(27,28)29;8-5-3-1-2-4-6-9-7-10/h6-8,10,16,23H,1-2,4-5,9,11,24H2,3H3,(H,25,26)(H,27,28,29)(H,30,31,32);7H,1-6,8H2,(H,9,10)/b8-7-,19-17-,20-15+,21-18-,23-10?;. The molecule has 0 bridgehead atoms. The van der Waals surface area contributed by atoms with E-state index in [-0.39, 0.29) is 34.9 Å². The molecule has 1 heterocycles. The molecule has 0 aromatic heterocycles. The van der Waals surface area contributed by atoms with Crippen molar-refractivity contribution in [1.82, 2.24) is 5.32 Å². The van der Waals surface area contributed by atoms with Gasteiger partial charge < -0.3 is 32.0 Å². The first-order chi connectivity index (χ1) is 20.9. The van der Waals surface area contributed by atoms with Crippen molar-refractivity contribution in [1.29, 1.82) is 5.41 Å². The van der Waals surface area contributed by atoms with E-state index >= 15 is 0 Å². The minimum absolute atomic E-state index is 0.0295. The summed E-state index contributed by atoms with van der Waals surface area (Å²) in [5, 5.41) is 19.9. The number of hydrogen-bond donors (Lipinski definition) is 7. The fourth-order valence-electron chi connectivity index (χ4n) is 3.88. The summed E-state index contributed by atoms with van der Waals surface area (Å²) in [6, 6.07) is 0. The van der Waals surface area contributed by atoms with E-state index in [4.69, 9.17) is 21.6 Å². The van der Waals surface area contributed by atoms with Crippen molar-refractivity contribution in [3.8, 4) is 0 Å². The summed E-state index contributed by atoms with van der Waals surface area (Å²) in [6.07, 6.45) is 8.70. The van der Waals surface area contributed by atoms with E-state index in [1.807, 2.05) is 0 Å². The number of nitrogens with two attached hydrogens (primary N) is 2. The highest BCUT2D eigenvalue weighted by atomic mass is 32.2. The molecule has 14 nitrogen and oxygen atoms in total. The molecule has 0 aliphatic carbocycles. The Morgan fingerprint density at radius 2 is 1.76 bits per heavy atom. The summed E-state index contributed by atoms with van der Waals surface area (Å²) < 4.78 is 72.2. The first-order valence-electron chi connectivity index (χ1n) is 13.4. The van der Waals surface area contributed by atoms with Crippen molar-refractivity contribution in [2.45, 2.75) is 39.0 Å². The average Bonchev–Trinajstić information content (AvgIpc) is 2.93. The smallest absolute Gasteiger partial charge is 0.311 e. The molecule has 1 atom stereocenters. The summed E-state index contributed by atoms with van der Waals surface area (Å²) in [7, 11) is -10.1. The molecule has 1 unspecified atom stereocenters. The molecule has 0 fully saturated rings. The van der Waals surface area contributed by atoms with E-state index in [2.05, 4.69) is 31.6 Å². The van der Waals surface area contributed by atoms with Gasteiger partial charge in [0.05, 0.1) is 11.6 Å². The molecule has 1 aliphatic heterocycles. The van der Waals surface area contributed by atoms with Gasteiger partial charge in [0.2, 0.25) is 6.41 Å². The molecule has 0 aromatic rings. The maximum absolute atomic E-state index is 12.0. The van der Waals surface area contributed by atoms with Crippen LogP contribution in [0.4, 0.5) is 0 Å². The van der Waals surface area contributed by atoms with Crippen LogP contribution in [-0.4, -0.2) is 69.3 Å². The summed E-state index contributed by atoms with van der Waals surface area (Å²) in [5.41, 5.74) is 10.6. The van der Waals surface area contributed by atoms with Crippen LogP contribution in [0.15, 0.2) is 93.7 Å². The Kier molecular flexibility index (Phi) is 17.6. The number of hydrogen-bond acceptors (Lipinski definition) is 10. The van der Waals surface area contributed by atoms with Gasteiger partial charge in [-0.25, -0.2) is 0 Å². The summed E-state index contributed by atoms with van der Waals surface area (Å²) >= 11 is 0. The molecular formula is C29H42N4O10S2. The Balaban J connectivity index is 0.00000165. The van der Waals surface area contributed by atoms with Gasteiger partial charge in [0.15, 0.2) is 4.91 Å². The Morgan fingerprint density at radius 1 is 1.16 bits per heavy atom. The van der Waals surface area contributed by atoms with Crippen LogP contribution in [0.3, 0.4) is 0 Å². The predicted molar refractivity (Wildman–Crippen MR) is 173 cm³/mol. The van der Waals surface area contributed by atoms with Crippen molar-refractivity contribution < 1.29 is 45.4 Å². The normalized spacial score (nSPS) is 19.9. The van der Waals surface area contributed by atoms with E-state index in [1.165, 1.54) is 12.5 Å². The molecule has 1 rings (SSSR count). The van der Waals surface area contributed by atoms with Crippen molar-refractivity contribution in [2.24, 2.45) is 17.4 Å². The van der Waals surface area contributed by atoms with Crippen LogP contribution in [0, 0.1) is 11.3 Å². The van der Waals surface area contributed by atoms with Crippen LogP contribution >= 0.6 is 0 Å². The Labute approximate surface area is 264 Å². The lowest BCUT2D eigenvalue weighted by Crippen LogP contribution is -2.21. The van der Waals surface area contributed by atoms with Crippen LogP contribution in [-0.2, 0) is 34.6 Å². The number of nitrogens with one attached hydrogen (secondary N) is 2. The third-order valence-corrected chi connectivity index (χ3v) is 7.90. The molecule has 1 amide bonds. The molecule has 0 spiro atoms. The van der Waals surface area contributed by atoms with E-state index < -0.39 is 60.0 Å². The van der Waals surface area contributed by atoms with Gasteiger partial charge in [0.1, 0.15) is 17.3 Å². The molecule has 1 aliphatic rings. The van der Waals surface area contributed by atoms with Crippen molar-refractivity contribution in [3.05, 3.63) is 93.7 Å². The topological polar surface area (TPSA) is 260 Å². The number of ether oxygens (including phenoxy) is 1. The fraction of sp³-hybridized carbons (Fsp3) is 0.345. The Bertz CT molecular complexity index is 1520. The van der Waals surface area contributed by atoms with Crippen LogP contribution in [0.2, 0.25) is 0 Å². The third-order valence-electron chi connectivity index (χ3n) is 6.07. The van der Waals surface area contributed by atoms with Gasteiger partial charge in [-0.15, -0.1) is 6.58 Å². The first kappa shape index (κ1) is 40.9. The predicted octanol–water partition coefficient (Wildman–Crippen LogP) is 2.89. The van der Waals surface area contributed by atoms with Gasteiger partial charge >= 0.3 is 5.97 Å². The second kappa shape index (κ2) is 19.3. The van der Waals surface area contributed by atoms with Gasteiger partial charge in [-0.05, 0) is 55.5 Å². The number of carboxylic acid groups (broad SMARTS) is 1.